The fraction of sp³-hybridized carbons (Fsp3) is 0.333. The molecule has 2 aromatic carbocycles. The summed E-state index contributed by atoms with van der Waals surface area (Å²) in [6.07, 6.45) is 2.16. The number of hydrogen-bond acceptors (Lipinski definition) is 8. The molecule has 9 heteroatoms. The number of rotatable bonds is 9. The predicted molar refractivity (Wildman–Crippen MR) is 166 cm³/mol. The van der Waals surface area contributed by atoms with Gasteiger partial charge in [-0.05, 0) is 20.8 Å². The van der Waals surface area contributed by atoms with Crippen LogP contribution in [0, 0.1) is 19.3 Å². The standard InChI is InChI=1S/2C10H9NO.C8H14O4.C5H10.Ga/c2*1-7-5-6-8-3-2-4-9(12)10(8)11-7;1-8(2,4-6(9)10)5-7(11)12-3;1-4-5(2)3;/h2*2-6,12H,1H3;4-5H2,1-3H3,(H,9,10);4H,1-3H3;/q;;;;+3/p-3. The molecule has 2 aromatic heterocycles. The van der Waals surface area contributed by atoms with E-state index in [2.05, 4.69) is 29.9 Å². The van der Waals surface area contributed by atoms with E-state index in [4.69, 9.17) is 15.3 Å². The number of allylic oxidation sites excluding steroid dienone is 2. The molecule has 0 amide bonds. The first-order valence-corrected chi connectivity index (χ1v) is 16.8. The van der Waals surface area contributed by atoms with E-state index in [1.54, 1.807) is 12.1 Å². The third-order valence-electron chi connectivity index (χ3n) is 6.37. The molecule has 0 radical (unpaired) electrons. The fourth-order valence-corrected chi connectivity index (χ4v) is 6.57. The first kappa shape index (κ1) is 32.7. The summed E-state index contributed by atoms with van der Waals surface area (Å²) in [7, 11) is 1.32. The molecule has 4 rings (SSSR count). The topological polar surface area (TPSA) is 96.8 Å². The Morgan fingerprint density at radius 1 is 0.786 bits per heavy atom. The number of pyridine rings is 2. The van der Waals surface area contributed by atoms with E-state index in [9.17, 15) is 9.59 Å². The maximum absolute atomic E-state index is 13.0. The van der Waals surface area contributed by atoms with Gasteiger partial charge in [0.2, 0.25) is 0 Å². The van der Waals surface area contributed by atoms with Crippen molar-refractivity contribution >= 4 is 51.1 Å². The van der Waals surface area contributed by atoms with Crippen molar-refractivity contribution in [1.82, 2.24) is 9.97 Å². The average molecular weight is 629 g/mol. The molecule has 0 saturated heterocycles. The summed E-state index contributed by atoms with van der Waals surface area (Å²) < 4.78 is 23.2. The van der Waals surface area contributed by atoms with E-state index in [0.717, 1.165) is 22.2 Å². The van der Waals surface area contributed by atoms with Crippen molar-refractivity contribution in [3.8, 4) is 11.5 Å². The van der Waals surface area contributed by atoms with Gasteiger partial charge in [-0.1, -0.05) is 11.6 Å². The molecule has 2 heterocycles. The quantitative estimate of drug-likeness (QED) is 0.108. The Labute approximate surface area is 254 Å². The van der Waals surface area contributed by atoms with Gasteiger partial charge in [0.05, 0.1) is 0 Å². The van der Waals surface area contributed by atoms with Gasteiger partial charge in [-0.3, -0.25) is 0 Å². The number of hydrogen-bond donors (Lipinski definition) is 0. The van der Waals surface area contributed by atoms with Crippen molar-refractivity contribution in [2.45, 2.75) is 61.3 Å². The second kappa shape index (κ2) is 14.9. The normalized spacial score (nSPS) is 10.8. The molecular formula is C33H39GaN2O6. The number of aryl methyl sites for hydroxylation is 2. The number of carbonyl (C=O) groups is 2. The molecule has 42 heavy (non-hydrogen) atoms. The Morgan fingerprint density at radius 2 is 1.24 bits per heavy atom. The van der Waals surface area contributed by atoms with E-state index >= 15 is 0 Å². The predicted octanol–water partition coefficient (Wildman–Crippen LogP) is 7.34. The molecule has 0 fully saturated rings. The van der Waals surface area contributed by atoms with Crippen LogP contribution in [0.15, 0.2) is 72.3 Å². The monoisotopic (exact) mass is 628 g/mol. The van der Waals surface area contributed by atoms with Crippen molar-refractivity contribution in [2.24, 2.45) is 5.41 Å². The molecule has 0 saturated carbocycles. The van der Waals surface area contributed by atoms with Gasteiger partial charge in [-0.15, -0.1) is 0 Å². The molecule has 220 valence electrons. The van der Waals surface area contributed by atoms with Gasteiger partial charge in [0.25, 0.3) is 0 Å². The molecule has 0 atom stereocenters. The molecule has 0 aliphatic heterocycles. The molecular weight excluding hydrogens is 590 g/mol. The third-order valence-corrected chi connectivity index (χ3v) is 9.20. The van der Waals surface area contributed by atoms with Crippen molar-refractivity contribution in [3.05, 3.63) is 83.7 Å². The summed E-state index contributed by atoms with van der Waals surface area (Å²) in [5.74, 6) is 0.0693. The Hall–Kier alpha value is -3.82. The Bertz CT molecular complexity index is 1490. The summed E-state index contributed by atoms with van der Waals surface area (Å²) in [6.45, 7) is 13.6. The Balaban J connectivity index is 0.000000892. The van der Waals surface area contributed by atoms with Crippen LogP contribution in [0.5, 0.6) is 11.5 Å². The number of nitrogens with zero attached hydrogens (tertiary/aromatic N) is 2. The van der Waals surface area contributed by atoms with Crippen LogP contribution in [0.2, 0.25) is 0 Å². The summed E-state index contributed by atoms with van der Waals surface area (Å²) in [5, 5.41) is 1.80. The number of benzene rings is 2. The summed E-state index contributed by atoms with van der Waals surface area (Å²) >= 11 is -3.78. The van der Waals surface area contributed by atoms with Crippen molar-refractivity contribution in [2.75, 3.05) is 7.11 Å². The van der Waals surface area contributed by atoms with Crippen LogP contribution in [-0.2, 0) is 17.9 Å². The zero-order valence-electron chi connectivity index (χ0n) is 25.7. The zero-order valence-corrected chi connectivity index (χ0v) is 28.1. The molecule has 0 unspecified atom stereocenters. The summed E-state index contributed by atoms with van der Waals surface area (Å²) in [5.41, 5.74) is 3.72. The second-order valence-electron chi connectivity index (χ2n) is 11.0. The van der Waals surface area contributed by atoms with Gasteiger partial charge in [0.15, 0.2) is 0 Å². The number of carbonyl (C=O) groups excluding carboxylic acids is 2. The van der Waals surface area contributed by atoms with Crippen molar-refractivity contribution in [1.29, 1.82) is 0 Å². The number of esters is 1. The first-order valence-electron chi connectivity index (χ1n) is 13.8. The van der Waals surface area contributed by atoms with Crippen LogP contribution in [0.1, 0.15) is 58.8 Å². The molecule has 0 spiro atoms. The van der Waals surface area contributed by atoms with Crippen LogP contribution in [0.25, 0.3) is 21.8 Å². The molecule has 0 bridgehead atoms. The van der Waals surface area contributed by atoms with Crippen LogP contribution >= 0.6 is 0 Å². The first-order chi connectivity index (χ1) is 19.9. The number of methoxy groups -OCH3 is 1. The molecule has 0 aliphatic carbocycles. The van der Waals surface area contributed by atoms with Crippen LogP contribution < -0.4 is 7.06 Å². The average Bonchev–Trinajstić information content (AvgIpc) is 2.93. The van der Waals surface area contributed by atoms with E-state index < -0.39 is 34.7 Å². The summed E-state index contributed by atoms with van der Waals surface area (Å²) in [4.78, 5) is 34.1. The molecule has 0 N–H and O–H groups in total. The fourth-order valence-electron chi connectivity index (χ4n) is 3.97. The van der Waals surface area contributed by atoms with Crippen LogP contribution in [0.4, 0.5) is 0 Å². The number of para-hydroxylation sites is 2. The number of fused-ring (bicyclic) bond motifs is 2. The SMILES string of the molecule is CC=C(C)C.COC(=O)CC(C)(C)CC(=O)[O][Ga]([O]c1cccc2ccc(C)nc12)[O]c1cccc2ccc(C)nc12. The third kappa shape index (κ3) is 9.63. The minimum atomic E-state index is -3.78. The van der Waals surface area contributed by atoms with Gasteiger partial charge in [-0.2, -0.15) is 0 Å². The molecule has 4 aromatic rings. The molecule has 0 aliphatic rings. The van der Waals surface area contributed by atoms with Gasteiger partial charge in [-0.25, -0.2) is 0 Å². The van der Waals surface area contributed by atoms with Crippen LogP contribution in [0.3, 0.4) is 0 Å². The summed E-state index contributed by atoms with van der Waals surface area (Å²) in [6, 6.07) is 19.0. The van der Waals surface area contributed by atoms with E-state index in [0.29, 0.717) is 22.5 Å². The van der Waals surface area contributed by atoms with Gasteiger partial charge in [0, 0.05) is 0 Å². The van der Waals surface area contributed by atoms with Crippen molar-refractivity contribution < 1.29 is 24.9 Å². The number of aromatic nitrogens is 2. The van der Waals surface area contributed by atoms with Crippen LogP contribution in [-0.4, -0.2) is 46.3 Å². The van der Waals surface area contributed by atoms with E-state index in [1.165, 1.54) is 12.7 Å². The second-order valence-corrected chi connectivity index (χ2v) is 13.7. The molecule has 8 nitrogen and oxygen atoms in total. The van der Waals surface area contributed by atoms with E-state index in [-0.39, 0.29) is 12.8 Å². The van der Waals surface area contributed by atoms with Gasteiger partial charge >= 0.3 is 223 Å². The Morgan fingerprint density at radius 3 is 1.67 bits per heavy atom. The Kier molecular flexibility index (Phi) is 11.6. The van der Waals surface area contributed by atoms with Gasteiger partial charge in [0.1, 0.15) is 0 Å². The van der Waals surface area contributed by atoms with Gasteiger partial charge < -0.3 is 0 Å². The van der Waals surface area contributed by atoms with Crippen molar-refractivity contribution in [3.63, 3.8) is 0 Å². The number of ether oxygens (including phenoxy) is 1. The minimum absolute atomic E-state index is 0.00361. The zero-order chi connectivity index (χ0) is 30.9. The maximum atomic E-state index is 13.0. The van der Waals surface area contributed by atoms with E-state index in [1.807, 2.05) is 83.1 Å².